The highest BCUT2D eigenvalue weighted by molar-refractivity contribution is 5.74. The second-order valence-electron chi connectivity index (χ2n) is 8.68. The topological polar surface area (TPSA) is 64.1 Å². The largest absolute Gasteiger partial charge is 0.465 e. The standard InChI is InChI=1S/C19H31N3O3/c1-3-17-19(12-21(17)18(24)25)10-16(11-19)20-8-6-15(7-9-20)22(13(2)23)14-4-5-14/h14-17H,3-12H2,1-2H3,(H,24,25). The predicted molar refractivity (Wildman–Crippen MR) is 94.4 cm³/mol. The summed E-state index contributed by atoms with van der Waals surface area (Å²) in [5.41, 5.74) is 0.258. The number of carbonyl (C=O) groups excluding carboxylic acids is 1. The van der Waals surface area contributed by atoms with Gasteiger partial charge in [0.05, 0.1) is 0 Å². The molecule has 1 atom stereocenters. The van der Waals surface area contributed by atoms with Gasteiger partial charge in [0.2, 0.25) is 5.91 Å². The summed E-state index contributed by atoms with van der Waals surface area (Å²) in [6.45, 7) is 6.72. The molecule has 2 amide bonds. The summed E-state index contributed by atoms with van der Waals surface area (Å²) in [5, 5.41) is 9.26. The van der Waals surface area contributed by atoms with Crippen LogP contribution in [0.2, 0.25) is 0 Å². The van der Waals surface area contributed by atoms with Gasteiger partial charge in [-0.1, -0.05) is 6.92 Å². The van der Waals surface area contributed by atoms with Crippen molar-refractivity contribution < 1.29 is 14.7 Å². The summed E-state index contributed by atoms with van der Waals surface area (Å²) in [6.07, 6.45) is 7.03. The Morgan fingerprint density at radius 1 is 1.12 bits per heavy atom. The van der Waals surface area contributed by atoms with Crippen LogP contribution in [0, 0.1) is 5.41 Å². The summed E-state index contributed by atoms with van der Waals surface area (Å²) < 4.78 is 0. The maximum atomic E-state index is 12.0. The fraction of sp³-hybridized carbons (Fsp3) is 0.895. The van der Waals surface area contributed by atoms with E-state index in [-0.39, 0.29) is 17.4 Å². The van der Waals surface area contributed by atoms with Gasteiger partial charge in [0.1, 0.15) is 0 Å². The van der Waals surface area contributed by atoms with Gasteiger partial charge in [-0.05, 0) is 44.9 Å². The van der Waals surface area contributed by atoms with Crippen molar-refractivity contribution in [2.45, 2.75) is 83.0 Å². The number of carboxylic acid groups (broad SMARTS) is 1. The average Bonchev–Trinajstić information content (AvgIpc) is 3.31. The highest BCUT2D eigenvalue weighted by Crippen LogP contribution is 2.56. The third-order valence-electron chi connectivity index (χ3n) is 7.20. The summed E-state index contributed by atoms with van der Waals surface area (Å²) in [5.74, 6) is 0.248. The molecular formula is C19H31N3O3. The van der Waals surface area contributed by atoms with Crippen LogP contribution in [0.5, 0.6) is 0 Å². The summed E-state index contributed by atoms with van der Waals surface area (Å²) in [6, 6.07) is 1.80. The Labute approximate surface area is 150 Å². The first-order valence-corrected chi connectivity index (χ1v) is 9.97. The van der Waals surface area contributed by atoms with E-state index in [1.807, 2.05) is 0 Å². The molecule has 0 aromatic heterocycles. The van der Waals surface area contributed by atoms with Crippen LogP contribution in [0.15, 0.2) is 0 Å². The van der Waals surface area contributed by atoms with Gasteiger partial charge in [-0.15, -0.1) is 0 Å². The molecule has 2 aliphatic heterocycles. The average molecular weight is 349 g/mol. The Morgan fingerprint density at radius 2 is 1.72 bits per heavy atom. The van der Waals surface area contributed by atoms with Gasteiger partial charge < -0.3 is 19.8 Å². The van der Waals surface area contributed by atoms with E-state index in [2.05, 4.69) is 16.7 Å². The third kappa shape index (κ3) is 2.82. The van der Waals surface area contributed by atoms with Gasteiger partial charge in [0, 0.05) is 56.1 Å². The minimum atomic E-state index is -0.758. The van der Waals surface area contributed by atoms with Crippen molar-refractivity contribution in [2.24, 2.45) is 5.41 Å². The second kappa shape index (κ2) is 6.15. The van der Waals surface area contributed by atoms with E-state index >= 15 is 0 Å². The number of amides is 2. The Balaban J connectivity index is 1.28. The molecule has 0 bridgehead atoms. The first-order valence-electron chi connectivity index (χ1n) is 9.97. The van der Waals surface area contributed by atoms with Gasteiger partial charge >= 0.3 is 6.09 Å². The zero-order valence-electron chi connectivity index (χ0n) is 15.5. The molecule has 1 spiro atoms. The normalized spacial score (nSPS) is 36.0. The molecule has 6 nitrogen and oxygen atoms in total. The monoisotopic (exact) mass is 349 g/mol. The van der Waals surface area contributed by atoms with Crippen molar-refractivity contribution in [3.8, 4) is 0 Å². The zero-order chi connectivity index (χ0) is 17.8. The Hall–Kier alpha value is -1.30. The molecule has 4 aliphatic rings. The van der Waals surface area contributed by atoms with Gasteiger partial charge in [0.25, 0.3) is 0 Å². The van der Waals surface area contributed by atoms with Gasteiger partial charge in [-0.3, -0.25) is 4.79 Å². The number of likely N-dealkylation sites (tertiary alicyclic amines) is 2. The van der Waals surface area contributed by atoms with Crippen molar-refractivity contribution in [3.63, 3.8) is 0 Å². The van der Waals surface area contributed by atoms with E-state index in [1.165, 1.54) is 12.8 Å². The summed E-state index contributed by atoms with van der Waals surface area (Å²) in [4.78, 5) is 29.6. The number of rotatable bonds is 4. The van der Waals surface area contributed by atoms with E-state index in [1.54, 1.807) is 11.8 Å². The quantitative estimate of drug-likeness (QED) is 0.846. The molecule has 4 rings (SSSR count). The van der Waals surface area contributed by atoms with Crippen LogP contribution in [0.25, 0.3) is 0 Å². The molecule has 0 aromatic carbocycles. The number of nitrogens with zero attached hydrogens (tertiary/aromatic N) is 3. The molecule has 2 aliphatic carbocycles. The minimum Gasteiger partial charge on any atom is -0.465 e. The maximum absolute atomic E-state index is 12.0. The van der Waals surface area contributed by atoms with Crippen LogP contribution in [0.3, 0.4) is 0 Å². The highest BCUT2D eigenvalue weighted by atomic mass is 16.4. The molecule has 140 valence electrons. The fourth-order valence-corrected chi connectivity index (χ4v) is 5.86. The van der Waals surface area contributed by atoms with E-state index in [0.717, 1.165) is 51.7 Å². The number of hydrogen-bond acceptors (Lipinski definition) is 3. The molecule has 1 N–H and O–H groups in total. The number of hydrogen-bond donors (Lipinski definition) is 1. The van der Waals surface area contributed by atoms with Crippen molar-refractivity contribution in [3.05, 3.63) is 0 Å². The molecule has 4 fully saturated rings. The molecule has 2 saturated heterocycles. The minimum absolute atomic E-state index is 0.224. The van der Waals surface area contributed by atoms with Crippen LogP contribution >= 0.6 is 0 Å². The lowest BCUT2D eigenvalue weighted by atomic mass is 9.54. The summed E-state index contributed by atoms with van der Waals surface area (Å²) >= 11 is 0. The first-order chi connectivity index (χ1) is 11.9. The Kier molecular flexibility index (Phi) is 4.21. The molecule has 0 aromatic rings. The van der Waals surface area contributed by atoms with Crippen LogP contribution in [-0.4, -0.2) is 75.6 Å². The van der Waals surface area contributed by atoms with Crippen molar-refractivity contribution in [2.75, 3.05) is 19.6 Å². The smallest absolute Gasteiger partial charge is 0.407 e. The molecule has 0 radical (unpaired) electrons. The van der Waals surface area contributed by atoms with E-state index < -0.39 is 6.09 Å². The molecule has 1 unspecified atom stereocenters. The third-order valence-corrected chi connectivity index (χ3v) is 7.20. The Morgan fingerprint density at radius 3 is 2.20 bits per heavy atom. The molecule has 25 heavy (non-hydrogen) atoms. The van der Waals surface area contributed by atoms with Crippen LogP contribution in [0.4, 0.5) is 4.79 Å². The molecule has 6 heteroatoms. The number of carbonyl (C=O) groups is 2. The van der Waals surface area contributed by atoms with Crippen molar-refractivity contribution in [1.82, 2.24) is 14.7 Å². The molecule has 2 saturated carbocycles. The van der Waals surface area contributed by atoms with Crippen LogP contribution < -0.4 is 0 Å². The van der Waals surface area contributed by atoms with Gasteiger partial charge in [-0.2, -0.15) is 0 Å². The lowest BCUT2D eigenvalue weighted by molar-refractivity contribution is -0.150. The highest BCUT2D eigenvalue weighted by Gasteiger charge is 2.61. The zero-order valence-corrected chi connectivity index (χ0v) is 15.5. The molecular weight excluding hydrogens is 318 g/mol. The Bertz CT molecular complexity index is 548. The molecule has 2 heterocycles. The lowest BCUT2D eigenvalue weighted by Crippen LogP contribution is -2.73. The van der Waals surface area contributed by atoms with E-state index in [0.29, 0.717) is 18.1 Å². The second-order valence-corrected chi connectivity index (χ2v) is 8.68. The van der Waals surface area contributed by atoms with Crippen LogP contribution in [0.1, 0.15) is 58.8 Å². The van der Waals surface area contributed by atoms with E-state index in [4.69, 9.17) is 0 Å². The summed E-state index contributed by atoms with van der Waals surface area (Å²) in [7, 11) is 0. The van der Waals surface area contributed by atoms with Gasteiger partial charge in [0.15, 0.2) is 0 Å². The SMILES string of the molecule is CCC1N(C(=O)O)CC12CC(N1CCC(N(C(C)=O)C3CC3)CC1)C2. The number of piperidine rings is 1. The first kappa shape index (κ1) is 17.1. The fourth-order valence-electron chi connectivity index (χ4n) is 5.86. The maximum Gasteiger partial charge on any atom is 0.407 e. The van der Waals surface area contributed by atoms with Crippen molar-refractivity contribution >= 4 is 12.0 Å². The van der Waals surface area contributed by atoms with Crippen molar-refractivity contribution in [1.29, 1.82) is 0 Å². The van der Waals surface area contributed by atoms with Crippen LogP contribution in [-0.2, 0) is 4.79 Å². The predicted octanol–water partition coefficient (Wildman–Crippen LogP) is 2.38. The van der Waals surface area contributed by atoms with E-state index in [9.17, 15) is 14.7 Å². The lowest BCUT2D eigenvalue weighted by Gasteiger charge is -2.65. The van der Waals surface area contributed by atoms with Gasteiger partial charge in [-0.25, -0.2) is 4.79 Å².